The number of carbonyl (C=O) groups is 1. The maximum absolute atomic E-state index is 12.4. The first-order valence-corrected chi connectivity index (χ1v) is 9.51. The van der Waals surface area contributed by atoms with E-state index in [0.29, 0.717) is 35.8 Å². The lowest BCUT2D eigenvalue weighted by molar-refractivity contribution is -0.129. The first kappa shape index (κ1) is 21.7. The molecule has 8 heteroatoms. The highest BCUT2D eigenvalue weighted by atomic mass is 16.6. The number of rotatable bonds is 8. The summed E-state index contributed by atoms with van der Waals surface area (Å²) in [5, 5.41) is 8.72. The van der Waals surface area contributed by atoms with Crippen LogP contribution in [0.1, 0.15) is 17.5 Å². The van der Waals surface area contributed by atoms with Gasteiger partial charge >= 0.3 is 5.97 Å². The SMILES string of the molecule is COc1cc(C2=N/C(=C\c3ccc(N(C)CCC#N)cc3)C(=O)O2)cc(OC)c1OC. The Morgan fingerprint density at radius 1 is 1.10 bits per heavy atom. The molecule has 0 saturated heterocycles. The summed E-state index contributed by atoms with van der Waals surface area (Å²) in [5.74, 6) is 0.921. The summed E-state index contributed by atoms with van der Waals surface area (Å²) < 4.78 is 21.4. The number of carbonyl (C=O) groups excluding carboxylic acids is 1. The zero-order valence-electron chi connectivity index (χ0n) is 17.8. The van der Waals surface area contributed by atoms with Crippen molar-refractivity contribution < 1.29 is 23.7 Å². The van der Waals surface area contributed by atoms with Crippen molar-refractivity contribution in [3.05, 3.63) is 53.2 Å². The van der Waals surface area contributed by atoms with E-state index in [2.05, 4.69) is 11.1 Å². The van der Waals surface area contributed by atoms with Crippen molar-refractivity contribution in [2.45, 2.75) is 6.42 Å². The lowest BCUT2D eigenvalue weighted by atomic mass is 10.1. The van der Waals surface area contributed by atoms with Gasteiger partial charge in [-0.15, -0.1) is 0 Å². The quantitative estimate of drug-likeness (QED) is 0.476. The molecule has 31 heavy (non-hydrogen) atoms. The highest BCUT2D eigenvalue weighted by Crippen LogP contribution is 2.39. The van der Waals surface area contributed by atoms with Crippen LogP contribution in [-0.4, -0.2) is 46.8 Å². The van der Waals surface area contributed by atoms with E-state index in [0.717, 1.165) is 11.3 Å². The molecule has 1 aliphatic rings. The molecule has 1 aliphatic heterocycles. The lowest BCUT2D eigenvalue weighted by Gasteiger charge is -2.17. The third-order valence-corrected chi connectivity index (χ3v) is 4.73. The first-order valence-electron chi connectivity index (χ1n) is 9.51. The lowest BCUT2D eigenvalue weighted by Crippen LogP contribution is -2.17. The molecule has 2 aromatic carbocycles. The molecule has 0 radical (unpaired) electrons. The number of esters is 1. The molecule has 0 N–H and O–H groups in total. The molecule has 2 aromatic rings. The second-order valence-electron chi connectivity index (χ2n) is 6.67. The normalized spacial score (nSPS) is 14.0. The van der Waals surface area contributed by atoms with Gasteiger partial charge in [0.15, 0.2) is 17.2 Å². The number of methoxy groups -OCH3 is 3. The molecule has 160 valence electrons. The van der Waals surface area contributed by atoms with Gasteiger partial charge in [0, 0.05) is 24.8 Å². The number of aliphatic imine (C=N–C) groups is 1. The topological polar surface area (TPSA) is 93.4 Å². The van der Waals surface area contributed by atoms with Gasteiger partial charge in [0.2, 0.25) is 11.6 Å². The van der Waals surface area contributed by atoms with Gasteiger partial charge in [-0.3, -0.25) is 0 Å². The Hall–Kier alpha value is -3.99. The Labute approximate surface area is 180 Å². The molecular formula is C23H23N3O5. The van der Waals surface area contributed by atoms with Crippen LogP contribution in [0.15, 0.2) is 47.1 Å². The maximum atomic E-state index is 12.4. The van der Waals surface area contributed by atoms with E-state index >= 15 is 0 Å². The highest BCUT2D eigenvalue weighted by Gasteiger charge is 2.26. The molecule has 0 spiro atoms. The summed E-state index contributed by atoms with van der Waals surface area (Å²) in [4.78, 5) is 18.7. The Kier molecular flexibility index (Phi) is 6.78. The molecule has 8 nitrogen and oxygen atoms in total. The highest BCUT2D eigenvalue weighted by molar-refractivity contribution is 6.13. The largest absolute Gasteiger partial charge is 0.493 e. The van der Waals surface area contributed by atoms with Crippen LogP contribution in [0.2, 0.25) is 0 Å². The third-order valence-electron chi connectivity index (χ3n) is 4.73. The predicted molar refractivity (Wildman–Crippen MR) is 117 cm³/mol. The molecule has 0 atom stereocenters. The minimum Gasteiger partial charge on any atom is -0.493 e. The number of nitrogens with zero attached hydrogens (tertiary/aromatic N) is 3. The molecule has 3 rings (SSSR count). The molecule has 0 amide bonds. The van der Waals surface area contributed by atoms with E-state index in [1.54, 1.807) is 18.2 Å². The van der Waals surface area contributed by atoms with Crippen molar-refractivity contribution in [2.24, 2.45) is 4.99 Å². The fraction of sp³-hybridized carbons (Fsp3) is 0.261. The van der Waals surface area contributed by atoms with Crippen molar-refractivity contribution in [1.82, 2.24) is 0 Å². The first-order chi connectivity index (χ1) is 15.0. The van der Waals surface area contributed by atoms with E-state index in [1.165, 1.54) is 21.3 Å². The summed E-state index contributed by atoms with van der Waals surface area (Å²) >= 11 is 0. The van der Waals surface area contributed by atoms with Crippen molar-refractivity contribution in [2.75, 3.05) is 39.8 Å². The van der Waals surface area contributed by atoms with Crippen LogP contribution >= 0.6 is 0 Å². The number of hydrogen-bond acceptors (Lipinski definition) is 8. The standard InChI is InChI=1S/C23H23N3O5/c1-26(11-5-10-24)17-8-6-15(7-9-17)12-18-23(27)31-22(25-18)16-13-19(28-2)21(30-4)20(14-16)29-3/h6-9,12-14H,5,11H2,1-4H3/b18-12-. The van der Waals surface area contributed by atoms with Gasteiger partial charge in [-0.25, -0.2) is 9.79 Å². The maximum Gasteiger partial charge on any atom is 0.363 e. The monoisotopic (exact) mass is 421 g/mol. The summed E-state index contributed by atoms with van der Waals surface area (Å²) in [5.41, 5.74) is 2.50. The van der Waals surface area contributed by atoms with Crippen LogP contribution in [0.3, 0.4) is 0 Å². The van der Waals surface area contributed by atoms with E-state index in [4.69, 9.17) is 24.2 Å². The van der Waals surface area contributed by atoms with Crippen molar-refractivity contribution in [3.63, 3.8) is 0 Å². The smallest absolute Gasteiger partial charge is 0.363 e. The Morgan fingerprint density at radius 3 is 2.29 bits per heavy atom. The Morgan fingerprint density at radius 2 is 1.74 bits per heavy atom. The van der Waals surface area contributed by atoms with Crippen LogP contribution in [0, 0.1) is 11.3 Å². The predicted octanol–water partition coefficient (Wildman–Crippen LogP) is 3.41. The summed E-state index contributed by atoms with van der Waals surface area (Å²) in [6.07, 6.45) is 2.11. The minimum atomic E-state index is -0.543. The summed E-state index contributed by atoms with van der Waals surface area (Å²) in [6.45, 7) is 0.645. The number of hydrogen-bond donors (Lipinski definition) is 0. The van der Waals surface area contributed by atoms with Gasteiger partial charge in [0.05, 0.1) is 33.8 Å². The number of nitriles is 1. The number of benzene rings is 2. The zero-order chi connectivity index (χ0) is 22.4. The van der Waals surface area contributed by atoms with Gasteiger partial charge in [-0.1, -0.05) is 12.1 Å². The van der Waals surface area contributed by atoms with Gasteiger partial charge in [-0.2, -0.15) is 5.26 Å². The Balaban J connectivity index is 1.87. The van der Waals surface area contributed by atoms with Crippen molar-refractivity contribution in [3.8, 4) is 23.3 Å². The summed E-state index contributed by atoms with van der Waals surface area (Å²) in [6, 6.07) is 13.1. The molecule has 0 unspecified atom stereocenters. The van der Waals surface area contributed by atoms with Crippen LogP contribution in [0.4, 0.5) is 5.69 Å². The fourth-order valence-electron chi connectivity index (χ4n) is 3.07. The van der Waals surface area contributed by atoms with Crippen molar-refractivity contribution >= 4 is 23.6 Å². The van der Waals surface area contributed by atoms with Crippen LogP contribution in [-0.2, 0) is 9.53 Å². The second-order valence-corrected chi connectivity index (χ2v) is 6.67. The molecule has 0 fully saturated rings. The van der Waals surface area contributed by atoms with Crippen molar-refractivity contribution in [1.29, 1.82) is 5.26 Å². The molecule has 0 bridgehead atoms. The molecule has 1 heterocycles. The minimum absolute atomic E-state index is 0.156. The van der Waals surface area contributed by atoms with Gasteiger partial charge in [0.1, 0.15) is 0 Å². The van der Waals surface area contributed by atoms with Crippen LogP contribution in [0.5, 0.6) is 17.2 Å². The second kappa shape index (κ2) is 9.67. The Bertz CT molecular complexity index is 1040. The van der Waals surface area contributed by atoms with E-state index in [1.807, 2.05) is 36.2 Å². The number of anilines is 1. The zero-order valence-corrected chi connectivity index (χ0v) is 17.8. The summed E-state index contributed by atoms with van der Waals surface area (Å²) in [7, 11) is 6.46. The molecule has 0 aromatic heterocycles. The van der Waals surface area contributed by atoms with Gasteiger partial charge in [-0.05, 0) is 35.9 Å². The van der Waals surface area contributed by atoms with E-state index in [-0.39, 0.29) is 11.6 Å². The third kappa shape index (κ3) is 4.78. The fourth-order valence-corrected chi connectivity index (χ4v) is 3.07. The number of cyclic esters (lactones) is 1. The molecule has 0 saturated carbocycles. The average molecular weight is 421 g/mol. The number of ether oxygens (including phenoxy) is 4. The molecular weight excluding hydrogens is 398 g/mol. The van der Waals surface area contributed by atoms with Crippen LogP contribution < -0.4 is 19.1 Å². The van der Waals surface area contributed by atoms with Crippen LogP contribution in [0.25, 0.3) is 6.08 Å². The van der Waals surface area contributed by atoms with Gasteiger partial charge in [0.25, 0.3) is 0 Å². The van der Waals surface area contributed by atoms with Gasteiger partial charge < -0.3 is 23.8 Å². The van der Waals surface area contributed by atoms with E-state index < -0.39 is 5.97 Å². The molecule has 0 aliphatic carbocycles. The average Bonchev–Trinajstić information content (AvgIpc) is 3.16. The van der Waals surface area contributed by atoms with E-state index in [9.17, 15) is 4.79 Å².